The van der Waals surface area contributed by atoms with E-state index >= 15 is 0 Å². The Kier molecular flexibility index (Phi) is 2.45. The van der Waals surface area contributed by atoms with Crippen LogP contribution in [0.4, 0.5) is 0 Å². The van der Waals surface area contributed by atoms with Crippen LogP contribution in [0, 0.1) is 0 Å². The van der Waals surface area contributed by atoms with Gasteiger partial charge in [0.15, 0.2) is 10.9 Å². The van der Waals surface area contributed by atoms with Crippen LogP contribution >= 0.6 is 11.6 Å². The Morgan fingerprint density at radius 2 is 2.50 bits per heavy atom. The zero-order valence-electron chi connectivity index (χ0n) is 5.54. The summed E-state index contributed by atoms with van der Waals surface area (Å²) in [5.41, 5.74) is 0. The first-order chi connectivity index (χ1) is 4.84. The van der Waals surface area contributed by atoms with Gasteiger partial charge in [-0.15, -0.1) is 5.10 Å². The molecule has 3 nitrogen and oxygen atoms in total. The lowest BCUT2D eigenvalue weighted by molar-refractivity contribution is 0.338. The van der Waals surface area contributed by atoms with Gasteiger partial charge in [0.25, 0.3) is 0 Å². The van der Waals surface area contributed by atoms with Crippen LogP contribution in [0.25, 0.3) is 0 Å². The molecule has 0 aromatic carbocycles. The highest BCUT2D eigenvalue weighted by Crippen LogP contribution is 2.18. The third-order valence-corrected chi connectivity index (χ3v) is 1.20. The Morgan fingerprint density at radius 3 is 3.10 bits per heavy atom. The average molecular weight is 159 g/mol. The van der Waals surface area contributed by atoms with Crippen molar-refractivity contribution in [2.45, 2.75) is 6.92 Å². The van der Waals surface area contributed by atoms with E-state index in [2.05, 4.69) is 10.2 Å². The minimum Gasteiger partial charge on any atom is -0.491 e. The first-order valence-electron chi connectivity index (χ1n) is 2.94. The van der Waals surface area contributed by atoms with E-state index in [0.717, 1.165) is 0 Å². The number of rotatable bonds is 2. The predicted molar refractivity (Wildman–Crippen MR) is 38.2 cm³/mol. The zero-order valence-corrected chi connectivity index (χ0v) is 6.30. The summed E-state index contributed by atoms with van der Waals surface area (Å²) >= 11 is 5.60. The van der Waals surface area contributed by atoms with E-state index in [1.165, 1.54) is 6.20 Å². The fourth-order valence-electron chi connectivity index (χ4n) is 0.566. The molecule has 1 aromatic heterocycles. The van der Waals surface area contributed by atoms with Gasteiger partial charge < -0.3 is 4.74 Å². The summed E-state index contributed by atoms with van der Waals surface area (Å²) in [6.07, 6.45) is 1.54. The summed E-state index contributed by atoms with van der Waals surface area (Å²) in [5.74, 6) is 0.583. The molecule has 0 atom stereocenters. The molecule has 0 aliphatic heterocycles. The number of nitrogens with zero attached hydrogens (tertiary/aromatic N) is 2. The maximum atomic E-state index is 5.60. The molecule has 0 aliphatic carbocycles. The van der Waals surface area contributed by atoms with Crippen molar-refractivity contribution < 1.29 is 4.74 Å². The van der Waals surface area contributed by atoms with Crippen LogP contribution in [0.15, 0.2) is 12.3 Å². The molecule has 10 heavy (non-hydrogen) atoms. The predicted octanol–water partition coefficient (Wildman–Crippen LogP) is 1.53. The lowest BCUT2D eigenvalue weighted by Gasteiger charge is -2.01. The molecule has 4 heteroatoms. The fourth-order valence-corrected chi connectivity index (χ4v) is 0.727. The van der Waals surface area contributed by atoms with Crippen molar-refractivity contribution in [2.75, 3.05) is 6.61 Å². The third-order valence-electron chi connectivity index (χ3n) is 0.941. The van der Waals surface area contributed by atoms with Gasteiger partial charge in [0.2, 0.25) is 0 Å². The Balaban J connectivity index is 2.81. The topological polar surface area (TPSA) is 35.0 Å². The highest BCUT2D eigenvalue weighted by molar-refractivity contribution is 6.30. The normalized spacial score (nSPS) is 9.40. The first-order valence-corrected chi connectivity index (χ1v) is 3.32. The molecule has 1 heterocycles. The molecule has 1 rings (SSSR count). The van der Waals surface area contributed by atoms with Crippen molar-refractivity contribution in [3.05, 3.63) is 17.4 Å². The van der Waals surface area contributed by atoms with E-state index in [4.69, 9.17) is 16.3 Å². The fraction of sp³-hybridized carbons (Fsp3) is 0.333. The molecule has 0 saturated carbocycles. The van der Waals surface area contributed by atoms with Crippen molar-refractivity contribution in [1.29, 1.82) is 0 Å². The molecule has 1 aromatic rings. The van der Waals surface area contributed by atoms with Crippen LogP contribution in [0.1, 0.15) is 6.92 Å². The molecule has 0 spiro atoms. The van der Waals surface area contributed by atoms with E-state index in [1.54, 1.807) is 6.07 Å². The second-order valence-corrected chi connectivity index (χ2v) is 1.98. The number of aromatic nitrogens is 2. The van der Waals surface area contributed by atoms with Gasteiger partial charge in [-0.2, -0.15) is 5.10 Å². The second kappa shape index (κ2) is 3.37. The van der Waals surface area contributed by atoms with Gasteiger partial charge in [0.1, 0.15) is 0 Å². The largest absolute Gasteiger partial charge is 0.491 e. The summed E-state index contributed by atoms with van der Waals surface area (Å²) in [5, 5.41) is 7.46. The Morgan fingerprint density at radius 1 is 1.70 bits per heavy atom. The van der Waals surface area contributed by atoms with Crippen LogP contribution < -0.4 is 4.74 Å². The van der Waals surface area contributed by atoms with Gasteiger partial charge in [-0.1, -0.05) is 11.6 Å². The van der Waals surface area contributed by atoms with Crippen LogP contribution in [-0.2, 0) is 0 Å². The molecule has 54 valence electrons. The first kappa shape index (κ1) is 7.28. The van der Waals surface area contributed by atoms with Crippen molar-refractivity contribution in [3.8, 4) is 5.75 Å². The number of hydrogen-bond donors (Lipinski definition) is 0. The van der Waals surface area contributed by atoms with E-state index in [-0.39, 0.29) is 0 Å². The molecule has 0 saturated heterocycles. The van der Waals surface area contributed by atoms with Gasteiger partial charge >= 0.3 is 0 Å². The Labute approximate surface area is 64.0 Å². The van der Waals surface area contributed by atoms with Crippen LogP contribution in [0.5, 0.6) is 5.75 Å². The Bertz CT molecular complexity index is 217. The number of ether oxygens (including phenoxy) is 1. The summed E-state index contributed by atoms with van der Waals surface area (Å²) in [4.78, 5) is 0. The highest BCUT2D eigenvalue weighted by Gasteiger charge is 1.98. The van der Waals surface area contributed by atoms with Gasteiger partial charge in [-0.3, -0.25) is 0 Å². The van der Waals surface area contributed by atoms with Crippen LogP contribution in [0.2, 0.25) is 5.15 Å². The minimum atomic E-state index is 0.310. The van der Waals surface area contributed by atoms with Crippen LogP contribution in [-0.4, -0.2) is 16.8 Å². The second-order valence-electron chi connectivity index (χ2n) is 1.62. The molecule has 0 bridgehead atoms. The van der Waals surface area contributed by atoms with E-state index in [1.807, 2.05) is 6.92 Å². The van der Waals surface area contributed by atoms with E-state index < -0.39 is 0 Å². The average Bonchev–Trinajstić information content (AvgIpc) is 1.94. The molecule has 0 unspecified atom stereocenters. The van der Waals surface area contributed by atoms with E-state index in [9.17, 15) is 0 Å². The molecular weight excluding hydrogens is 152 g/mol. The van der Waals surface area contributed by atoms with Crippen molar-refractivity contribution in [2.24, 2.45) is 0 Å². The summed E-state index contributed by atoms with van der Waals surface area (Å²) < 4.78 is 5.10. The summed E-state index contributed by atoms with van der Waals surface area (Å²) in [7, 11) is 0. The monoisotopic (exact) mass is 158 g/mol. The lowest BCUT2D eigenvalue weighted by Crippen LogP contribution is -1.93. The molecule has 0 aliphatic rings. The van der Waals surface area contributed by atoms with Gasteiger partial charge in [0.05, 0.1) is 12.8 Å². The summed E-state index contributed by atoms with van der Waals surface area (Å²) in [6.45, 7) is 2.47. The standard InChI is InChI=1S/C6H7ClN2O/c1-2-10-5-3-4-8-9-6(5)7/h3-4H,2H2,1H3. The molecule has 0 fully saturated rings. The minimum absolute atomic E-state index is 0.310. The Hall–Kier alpha value is -0.830. The third kappa shape index (κ3) is 1.57. The maximum absolute atomic E-state index is 5.60. The summed E-state index contributed by atoms with van der Waals surface area (Å²) in [6, 6.07) is 1.68. The highest BCUT2D eigenvalue weighted by atomic mass is 35.5. The lowest BCUT2D eigenvalue weighted by atomic mass is 10.5. The maximum Gasteiger partial charge on any atom is 0.193 e. The number of halogens is 1. The van der Waals surface area contributed by atoms with Gasteiger partial charge in [-0.25, -0.2) is 0 Å². The quantitative estimate of drug-likeness (QED) is 0.655. The molecule has 0 radical (unpaired) electrons. The van der Waals surface area contributed by atoms with Crippen LogP contribution in [0.3, 0.4) is 0 Å². The van der Waals surface area contributed by atoms with Crippen molar-refractivity contribution >= 4 is 11.6 Å². The van der Waals surface area contributed by atoms with Crippen molar-refractivity contribution in [1.82, 2.24) is 10.2 Å². The smallest absolute Gasteiger partial charge is 0.193 e. The van der Waals surface area contributed by atoms with Gasteiger partial charge in [0, 0.05) is 6.07 Å². The molecular formula is C6H7ClN2O. The van der Waals surface area contributed by atoms with Crippen molar-refractivity contribution in [3.63, 3.8) is 0 Å². The molecule has 0 N–H and O–H groups in total. The van der Waals surface area contributed by atoms with E-state index in [0.29, 0.717) is 17.5 Å². The zero-order chi connectivity index (χ0) is 7.40. The van der Waals surface area contributed by atoms with Gasteiger partial charge in [-0.05, 0) is 6.92 Å². The SMILES string of the molecule is CCOc1ccnnc1Cl. The molecule has 0 amide bonds. The number of hydrogen-bond acceptors (Lipinski definition) is 3.